The van der Waals surface area contributed by atoms with Gasteiger partial charge in [-0.25, -0.2) is 4.58 Å². The van der Waals surface area contributed by atoms with Crippen LogP contribution in [0.2, 0.25) is 0 Å². The molecule has 2 aliphatic rings. The van der Waals surface area contributed by atoms with Gasteiger partial charge in [0.25, 0.3) is 5.72 Å². The summed E-state index contributed by atoms with van der Waals surface area (Å²) in [4.78, 5) is 2.08. The van der Waals surface area contributed by atoms with Crippen LogP contribution in [0.1, 0.15) is 24.5 Å². The highest BCUT2D eigenvalue weighted by Gasteiger charge is 2.55. The molecule has 0 aliphatic carbocycles. The Morgan fingerprint density at radius 1 is 1.10 bits per heavy atom. The monoisotopic (exact) mass is 478 g/mol. The summed E-state index contributed by atoms with van der Waals surface area (Å²) >= 11 is 1.81. The van der Waals surface area contributed by atoms with E-state index in [0.717, 1.165) is 41.6 Å². The molecule has 0 bridgehead atoms. The summed E-state index contributed by atoms with van der Waals surface area (Å²) in [6.07, 6.45) is 2.12. The van der Waals surface area contributed by atoms with E-state index in [1.807, 2.05) is 30.0 Å². The molecule has 2 aromatic carbocycles. The van der Waals surface area contributed by atoms with Crippen LogP contribution in [0.3, 0.4) is 0 Å². The maximum Gasteiger partial charge on any atom is 0.316 e. The second kappa shape index (κ2) is 8.98. The molecule has 0 aromatic heterocycles. The number of rotatable bonds is 5. The van der Waals surface area contributed by atoms with E-state index in [1.54, 1.807) is 14.2 Å². The Kier molecular flexibility index (Phi) is 6.81. The SMILES string of the molecule is CCc1ccc(N2C3=[N+](CCCS3)C[C@]2(O)c2ccc(OC)c(OC)c2)cc1.[Br-]. The molecule has 4 rings (SSSR count). The van der Waals surface area contributed by atoms with Crippen molar-refractivity contribution in [1.29, 1.82) is 0 Å². The van der Waals surface area contributed by atoms with Gasteiger partial charge < -0.3 is 31.6 Å². The quantitative estimate of drug-likeness (QED) is 0.631. The van der Waals surface area contributed by atoms with E-state index >= 15 is 0 Å². The molecule has 156 valence electrons. The van der Waals surface area contributed by atoms with Gasteiger partial charge >= 0.3 is 5.17 Å². The summed E-state index contributed by atoms with van der Waals surface area (Å²) in [7, 11) is 3.24. The van der Waals surface area contributed by atoms with Crippen LogP contribution in [0.4, 0.5) is 5.69 Å². The zero-order valence-electron chi connectivity index (χ0n) is 17.0. The summed E-state index contributed by atoms with van der Waals surface area (Å²) < 4.78 is 13.2. The van der Waals surface area contributed by atoms with Crippen molar-refractivity contribution in [3.05, 3.63) is 53.6 Å². The molecule has 0 saturated carbocycles. The fraction of sp³-hybridized carbons (Fsp3) is 0.409. The lowest BCUT2D eigenvalue weighted by Crippen LogP contribution is -3.00. The number of amidine groups is 1. The number of hydrogen-bond acceptors (Lipinski definition) is 5. The van der Waals surface area contributed by atoms with Gasteiger partial charge in [0.2, 0.25) is 0 Å². The molecular weight excluding hydrogens is 452 g/mol. The van der Waals surface area contributed by atoms with E-state index in [1.165, 1.54) is 5.56 Å². The Morgan fingerprint density at radius 2 is 1.83 bits per heavy atom. The lowest BCUT2D eigenvalue weighted by atomic mass is 10.00. The number of ether oxygens (including phenoxy) is 2. The molecule has 29 heavy (non-hydrogen) atoms. The minimum absolute atomic E-state index is 0. The molecule has 2 aliphatic heterocycles. The topological polar surface area (TPSA) is 44.9 Å². The van der Waals surface area contributed by atoms with Crippen LogP contribution >= 0.6 is 11.8 Å². The molecule has 0 unspecified atom stereocenters. The minimum Gasteiger partial charge on any atom is -1.00 e. The first-order valence-corrected chi connectivity index (χ1v) is 10.7. The van der Waals surface area contributed by atoms with Crippen LogP contribution < -0.4 is 31.4 Å². The Hall–Kier alpha value is -1.70. The summed E-state index contributed by atoms with van der Waals surface area (Å²) in [5.41, 5.74) is 1.92. The highest BCUT2D eigenvalue weighted by atomic mass is 79.9. The number of anilines is 1. The smallest absolute Gasteiger partial charge is 0.316 e. The first-order valence-electron chi connectivity index (χ1n) is 9.69. The zero-order valence-corrected chi connectivity index (χ0v) is 19.4. The second-order valence-electron chi connectivity index (χ2n) is 7.15. The molecule has 2 heterocycles. The molecule has 7 heteroatoms. The number of nitrogens with zero attached hydrogens (tertiary/aromatic N) is 2. The Balaban J connectivity index is 0.00000240. The van der Waals surface area contributed by atoms with Gasteiger partial charge in [-0.1, -0.05) is 19.1 Å². The van der Waals surface area contributed by atoms with E-state index in [-0.39, 0.29) is 17.0 Å². The van der Waals surface area contributed by atoms with E-state index in [2.05, 4.69) is 40.7 Å². The van der Waals surface area contributed by atoms with E-state index in [4.69, 9.17) is 9.47 Å². The summed E-state index contributed by atoms with van der Waals surface area (Å²) in [6.45, 7) is 3.64. The van der Waals surface area contributed by atoms with E-state index < -0.39 is 5.72 Å². The molecule has 5 nitrogen and oxygen atoms in total. The van der Waals surface area contributed by atoms with Crippen molar-refractivity contribution >= 4 is 22.6 Å². The van der Waals surface area contributed by atoms with Crippen LogP contribution in [0.5, 0.6) is 11.5 Å². The van der Waals surface area contributed by atoms with Gasteiger partial charge in [-0.2, -0.15) is 4.90 Å². The Labute approximate surface area is 187 Å². The van der Waals surface area contributed by atoms with Gasteiger partial charge in [0, 0.05) is 11.3 Å². The lowest BCUT2D eigenvalue weighted by molar-refractivity contribution is -0.532. The standard InChI is InChI=1S/C22H27N2O3S.BrH/c1-4-16-6-9-18(10-7-16)24-21-23(12-5-13-28-21)15-22(24,25)17-8-11-19(26-2)20(14-17)27-3;/h6-11,14,25H,4-5,12-13,15H2,1-3H3;1H/q+1;/p-1/t22-;/m0./s1. The summed E-state index contributed by atoms with van der Waals surface area (Å²) in [6, 6.07) is 14.2. The molecule has 2 aromatic rings. The predicted molar refractivity (Wildman–Crippen MR) is 114 cm³/mol. The number of benzene rings is 2. The van der Waals surface area contributed by atoms with E-state index in [9.17, 15) is 5.11 Å². The van der Waals surface area contributed by atoms with Crippen molar-refractivity contribution in [3.8, 4) is 11.5 Å². The van der Waals surface area contributed by atoms with Gasteiger partial charge in [-0.05, 0) is 60.5 Å². The first kappa shape index (κ1) is 22.0. The van der Waals surface area contributed by atoms with Crippen molar-refractivity contribution < 1.29 is 36.1 Å². The molecule has 0 fully saturated rings. The third-order valence-electron chi connectivity index (χ3n) is 5.50. The average molecular weight is 479 g/mol. The van der Waals surface area contributed by atoms with Crippen LogP contribution in [0.25, 0.3) is 0 Å². The highest BCUT2D eigenvalue weighted by molar-refractivity contribution is 8.14. The maximum absolute atomic E-state index is 12.0. The maximum atomic E-state index is 12.0. The first-order chi connectivity index (χ1) is 13.6. The summed E-state index contributed by atoms with van der Waals surface area (Å²) in [5.74, 6) is 2.35. The number of aryl methyl sites for hydroxylation is 1. The number of aliphatic hydroxyl groups is 1. The third-order valence-corrected chi connectivity index (χ3v) is 6.69. The van der Waals surface area contributed by atoms with Crippen molar-refractivity contribution in [3.63, 3.8) is 0 Å². The van der Waals surface area contributed by atoms with Crippen molar-refractivity contribution in [2.75, 3.05) is 38.0 Å². The van der Waals surface area contributed by atoms with Gasteiger partial charge in [0.05, 0.1) is 20.8 Å². The molecule has 0 amide bonds. The Bertz CT molecular complexity index is 903. The van der Waals surface area contributed by atoms with Gasteiger partial charge in [0.1, 0.15) is 5.69 Å². The molecule has 0 radical (unpaired) electrons. The summed E-state index contributed by atoms with van der Waals surface area (Å²) in [5, 5.41) is 13.1. The van der Waals surface area contributed by atoms with Crippen LogP contribution in [-0.2, 0) is 12.1 Å². The van der Waals surface area contributed by atoms with E-state index in [0.29, 0.717) is 18.0 Å². The molecular formula is C22H27BrN2O3S. The number of hydrogen-bond donors (Lipinski definition) is 1. The van der Waals surface area contributed by atoms with Crippen LogP contribution in [0, 0.1) is 0 Å². The molecule has 1 N–H and O–H groups in total. The Morgan fingerprint density at radius 3 is 2.48 bits per heavy atom. The normalized spacial score (nSPS) is 20.9. The van der Waals surface area contributed by atoms with Crippen molar-refractivity contribution in [1.82, 2.24) is 0 Å². The zero-order chi connectivity index (χ0) is 19.7. The largest absolute Gasteiger partial charge is 1.00 e. The number of methoxy groups -OCH3 is 2. The van der Waals surface area contributed by atoms with Crippen LogP contribution in [0.15, 0.2) is 42.5 Å². The number of halogens is 1. The highest BCUT2D eigenvalue weighted by Crippen LogP contribution is 2.42. The second-order valence-corrected chi connectivity index (χ2v) is 8.21. The average Bonchev–Trinajstić information content (AvgIpc) is 3.06. The van der Waals surface area contributed by atoms with Gasteiger partial charge in [-0.15, -0.1) is 0 Å². The minimum atomic E-state index is -1.17. The third kappa shape index (κ3) is 3.88. The van der Waals surface area contributed by atoms with Gasteiger partial charge in [-0.3, -0.25) is 0 Å². The number of thioether (sulfide) groups is 1. The van der Waals surface area contributed by atoms with Crippen molar-refractivity contribution in [2.24, 2.45) is 0 Å². The van der Waals surface area contributed by atoms with Crippen LogP contribution in [-0.4, -0.2) is 47.9 Å². The van der Waals surface area contributed by atoms with Crippen molar-refractivity contribution in [2.45, 2.75) is 25.5 Å². The molecule has 0 saturated heterocycles. The predicted octanol–water partition coefficient (Wildman–Crippen LogP) is 0.441. The molecule has 1 atom stereocenters. The fourth-order valence-electron chi connectivity index (χ4n) is 3.96. The fourth-order valence-corrected chi connectivity index (χ4v) is 5.14. The van der Waals surface area contributed by atoms with Gasteiger partial charge in [0.15, 0.2) is 18.0 Å². The lowest BCUT2D eigenvalue weighted by Gasteiger charge is -2.29. The molecule has 0 spiro atoms.